The molecule has 0 radical (unpaired) electrons. The van der Waals surface area contributed by atoms with Gasteiger partial charge in [0.25, 0.3) is 0 Å². The summed E-state index contributed by atoms with van der Waals surface area (Å²) < 4.78 is 8.22. The van der Waals surface area contributed by atoms with Gasteiger partial charge in [0.1, 0.15) is 5.75 Å². The van der Waals surface area contributed by atoms with Crippen molar-refractivity contribution in [3.05, 3.63) is 63.3 Å². The van der Waals surface area contributed by atoms with Crippen LogP contribution in [0.2, 0.25) is 0 Å². The lowest BCUT2D eigenvalue weighted by molar-refractivity contribution is 0.415. The molecule has 0 amide bonds. The van der Waals surface area contributed by atoms with Gasteiger partial charge in [-0.1, -0.05) is 46.3 Å². The SMILES string of the molecule is COc1cccc(-c2n[nH]c(=S)n2N=Cc2ccccc2Br)c1. The fourth-order valence-corrected chi connectivity index (χ4v) is 2.61. The first-order valence-electron chi connectivity index (χ1n) is 6.80. The highest BCUT2D eigenvalue weighted by Crippen LogP contribution is 2.22. The summed E-state index contributed by atoms with van der Waals surface area (Å²) in [6.45, 7) is 0. The van der Waals surface area contributed by atoms with E-state index in [1.807, 2.05) is 48.5 Å². The van der Waals surface area contributed by atoms with Crippen molar-refractivity contribution in [2.75, 3.05) is 7.11 Å². The molecule has 0 saturated carbocycles. The van der Waals surface area contributed by atoms with Crippen molar-refractivity contribution in [1.82, 2.24) is 14.9 Å². The van der Waals surface area contributed by atoms with Gasteiger partial charge in [0.05, 0.1) is 13.3 Å². The molecule has 3 aromatic rings. The van der Waals surface area contributed by atoms with Gasteiger partial charge in [0.15, 0.2) is 5.82 Å². The summed E-state index contributed by atoms with van der Waals surface area (Å²) >= 11 is 8.77. The summed E-state index contributed by atoms with van der Waals surface area (Å²) in [5.41, 5.74) is 1.81. The van der Waals surface area contributed by atoms with E-state index in [-0.39, 0.29) is 0 Å². The van der Waals surface area contributed by atoms with Crippen molar-refractivity contribution in [2.24, 2.45) is 5.10 Å². The summed E-state index contributed by atoms with van der Waals surface area (Å²) in [6, 6.07) is 15.4. The van der Waals surface area contributed by atoms with Crippen LogP contribution >= 0.6 is 28.1 Å². The molecule has 1 N–H and O–H groups in total. The van der Waals surface area contributed by atoms with Crippen LogP contribution in [-0.2, 0) is 0 Å². The maximum atomic E-state index is 5.27. The predicted molar refractivity (Wildman–Crippen MR) is 96.5 cm³/mol. The fraction of sp³-hybridized carbons (Fsp3) is 0.0625. The average molecular weight is 389 g/mol. The summed E-state index contributed by atoms with van der Waals surface area (Å²) in [5.74, 6) is 1.37. The Hall–Kier alpha value is -2.25. The summed E-state index contributed by atoms with van der Waals surface area (Å²) in [6.07, 6.45) is 1.74. The first-order valence-corrected chi connectivity index (χ1v) is 8.00. The van der Waals surface area contributed by atoms with Gasteiger partial charge in [-0.2, -0.15) is 14.9 Å². The smallest absolute Gasteiger partial charge is 0.216 e. The summed E-state index contributed by atoms with van der Waals surface area (Å²) in [4.78, 5) is 0. The largest absolute Gasteiger partial charge is 0.497 e. The third-order valence-electron chi connectivity index (χ3n) is 3.20. The topological polar surface area (TPSA) is 55.2 Å². The van der Waals surface area contributed by atoms with Crippen molar-refractivity contribution < 1.29 is 4.74 Å². The Labute approximate surface area is 146 Å². The monoisotopic (exact) mass is 388 g/mol. The van der Waals surface area contributed by atoms with Crippen LogP contribution in [0.4, 0.5) is 0 Å². The molecular formula is C16H13BrN4OS. The van der Waals surface area contributed by atoms with E-state index in [0.717, 1.165) is 21.3 Å². The highest BCUT2D eigenvalue weighted by Gasteiger charge is 2.09. The van der Waals surface area contributed by atoms with Crippen LogP contribution in [0.25, 0.3) is 11.4 Å². The van der Waals surface area contributed by atoms with E-state index < -0.39 is 0 Å². The second-order valence-corrected chi connectivity index (χ2v) is 5.90. The van der Waals surface area contributed by atoms with E-state index in [9.17, 15) is 0 Å². The van der Waals surface area contributed by atoms with E-state index in [1.54, 1.807) is 18.0 Å². The number of rotatable bonds is 4. The standard InChI is InChI=1S/C16H13BrN4OS/c1-22-13-7-4-6-11(9-13)15-19-20-16(23)21(15)18-10-12-5-2-3-8-14(12)17/h2-10H,1H3,(H,20,23). The third kappa shape index (κ3) is 3.40. The number of hydrogen-bond donors (Lipinski definition) is 1. The Balaban J connectivity index is 2.02. The minimum atomic E-state index is 0.422. The number of ether oxygens (including phenoxy) is 1. The van der Waals surface area contributed by atoms with Gasteiger partial charge in [-0.3, -0.25) is 0 Å². The first-order chi connectivity index (χ1) is 11.2. The molecular weight excluding hydrogens is 376 g/mol. The Kier molecular flexibility index (Phi) is 4.68. The van der Waals surface area contributed by atoms with Crippen LogP contribution in [0.3, 0.4) is 0 Å². The zero-order chi connectivity index (χ0) is 16.2. The van der Waals surface area contributed by atoms with Crippen molar-refractivity contribution in [2.45, 2.75) is 0 Å². The molecule has 0 saturated heterocycles. The van der Waals surface area contributed by atoms with Gasteiger partial charge in [0.2, 0.25) is 4.77 Å². The third-order valence-corrected chi connectivity index (χ3v) is 4.18. The van der Waals surface area contributed by atoms with Gasteiger partial charge < -0.3 is 4.74 Å². The number of methoxy groups -OCH3 is 1. The zero-order valence-corrected chi connectivity index (χ0v) is 14.6. The maximum absolute atomic E-state index is 5.27. The van der Waals surface area contributed by atoms with Gasteiger partial charge in [-0.15, -0.1) is 0 Å². The lowest BCUT2D eigenvalue weighted by Crippen LogP contribution is -1.96. The number of benzene rings is 2. The molecule has 1 heterocycles. The molecule has 0 aliphatic carbocycles. The van der Waals surface area contributed by atoms with Crippen LogP contribution in [-0.4, -0.2) is 28.2 Å². The number of nitrogens with zero attached hydrogens (tertiary/aromatic N) is 3. The molecule has 0 aliphatic rings. The van der Waals surface area contributed by atoms with Crippen LogP contribution in [0, 0.1) is 4.77 Å². The number of nitrogens with one attached hydrogen (secondary N) is 1. The lowest BCUT2D eigenvalue weighted by atomic mass is 10.2. The van der Waals surface area contributed by atoms with E-state index in [2.05, 4.69) is 31.2 Å². The number of H-pyrrole nitrogens is 1. The highest BCUT2D eigenvalue weighted by molar-refractivity contribution is 9.10. The van der Waals surface area contributed by atoms with Gasteiger partial charge in [-0.25, -0.2) is 5.10 Å². The van der Waals surface area contributed by atoms with Crippen molar-refractivity contribution in [3.63, 3.8) is 0 Å². The molecule has 116 valence electrons. The maximum Gasteiger partial charge on any atom is 0.216 e. The molecule has 2 aromatic carbocycles. The molecule has 0 atom stereocenters. The van der Waals surface area contributed by atoms with Crippen LogP contribution in [0.5, 0.6) is 5.75 Å². The molecule has 1 aromatic heterocycles. The molecule has 3 rings (SSSR count). The number of aromatic nitrogens is 3. The van der Waals surface area contributed by atoms with Gasteiger partial charge in [0, 0.05) is 15.6 Å². The minimum Gasteiger partial charge on any atom is -0.497 e. The molecule has 0 bridgehead atoms. The molecule has 5 nitrogen and oxygen atoms in total. The van der Waals surface area contributed by atoms with E-state index in [4.69, 9.17) is 17.0 Å². The van der Waals surface area contributed by atoms with Crippen molar-refractivity contribution in [1.29, 1.82) is 0 Å². The molecule has 0 unspecified atom stereocenters. The quantitative estimate of drug-likeness (QED) is 0.536. The fourth-order valence-electron chi connectivity index (χ4n) is 2.05. The normalized spacial score (nSPS) is 11.0. The highest BCUT2D eigenvalue weighted by atomic mass is 79.9. The average Bonchev–Trinajstić information content (AvgIpc) is 2.95. The Morgan fingerprint density at radius 1 is 1.26 bits per heavy atom. The van der Waals surface area contributed by atoms with E-state index in [0.29, 0.717) is 10.6 Å². The Morgan fingerprint density at radius 2 is 2.09 bits per heavy atom. The second kappa shape index (κ2) is 6.89. The van der Waals surface area contributed by atoms with Gasteiger partial charge in [-0.05, 0) is 30.4 Å². The Morgan fingerprint density at radius 3 is 2.87 bits per heavy atom. The number of hydrogen-bond acceptors (Lipinski definition) is 4. The van der Waals surface area contributed by atoms with E-state index >= 15 is 0 Å². The molecule has 23 heavy (non-hydrogen) atoms. The summed E-state index contributed by atoms with van der Waals surface area (Å²) in [5, 5.41) is 11.5. The number of aromatic amines is 1. The zero-order valence-electron chi connectivity index (χ0n) is 12.2. The number of halogens is 1. The predicted octanol–water partition coefficient (Wildman–Crippen LogP) is 4.26. The Bertz CT molecular complexity index is 916. The molecule has 0 spiro atoms. The molecule has 0 aliphatic heterocycles. The van der Waals surface area contributed by atoms with Crippen LogP contribution < -0.4 is 4.74 Å². The van der Waals surface area contributed by atoms with Gasteiger partial charge >= 0.3 is 0 Å². The van der Waals surface area contributed by atoms with Crippen LogP contribution in [0.1, 0.15) is 5.56 Å². The second-order valence-electron chi connectivity index (χ2n) is 4.66. The van der Waals surface area contributed by atoms with Crippen molar-refractivity contribution in [3.8, 4) is 17.1 Å². The first kappa shape index (κ1) is 15.6. The lowest BCUT2D eigenvalue weighted by Gasteiger charge is -2.04. The van der Waals surface area contributed by atoms with Crippen molar-refractivity contribution >= 4 is 34.4 Å². The summed E-state index contributed by atoms with van der Waals surface area (Å²) in [7, 11) is 1.63. The molecule has 0 fully saturated rings. The molecule has 7 heteroatoms. The van der Waals surface area contributed by atoms with E-state index in [1.165, 1.54) is 0 Å². The van der Waals surface area contributed by atoms with Crippen LogP contribution in [0.15, 0.2) is 58.1 Å². The minimum absolute atomic E-state index is 0.422.